The van der Waals surface area contributed by atoms with Gasteiger partial charge in [-0.15, -0.1) is 0 Å². The first-order valence-electron chi connectivity index (χ1n) is 6.12. The fourth-order valence-electron chi connectivity index (χ4n) is 1.70. The standard InChI is InChI=1S/C16H12BrNO3/c17-13-5-1-3-11(9-13)7-8-15(19)18-14-6-2-4-12(10-14)16(20)21/h1-10H,(H,18,19)(H,20,21)/b8-7+. The number of amides is 1. The fourth-order valence-corrected chi connectivity index (χ4v) is 2.11. The van der Waals surface area contributed by atoms with E-state index >= 15 is 0 Å². The lowest BCUT2D eigenvalue weighted by Gasteiger charge is -2.03. The Morgan fingerprint density at radius 3 is 2.57 bits per heavy atom. The Hall–Kier alpha value is -2.40. The molecule has 2 N–H and O–H groups in total. The Kier molecular flexibility index (Phi) is 4.90. The summed E-state index contributed by atoms with van der Waals surface area (Å²) in [4.78, 5) is 22.6. The van der Waals surface area contributed by atoms with Crippen molar-refractivity contribution >= 4 is 39.6 Å². The highest BCUT2D eigenvalue weighted by molar-refractivity contribution is 9.10. The van der Waals surface area contributed by atoms with Crippen molar-refractivity contribution in [2.75, 3.05) is 5.32 Å². The summed E-state index contributed by atoms with van der Waals surface area (Å²) in [6.07, 6.45) is 3.08. The summed E-state index contributed by atoms with van der Waals surface area (Å²) in [6.45, 7) is 0. The molecule has 0 bridgehead atoms. The lowest BCUT2D eigenvalue weighted by molar-refractivity contribution is -0.111. The maximum Gasteiger partial charge on any atom is 0.335 e. The van der Waals surface area contributed by atoms with Crippen molar-refractivity contribution in [2.24, 2.45) is 0 Å². The lowest BCUT2D eigenvalue weighted by Crippen LogP contribution is -2.08. The van der Waals surface area contributed by atoms with Crippen LogP contribution in [0.3, 0.4) is 0 Å². The number of anilines is 1. The van der Waals surface area contributed by atoms with Crippen LogP contribution in [0.1, 0.15) is 15.9 Å². The van der Waals surface area contributed by atoms with Gasteiger partial charge < -0.3 is 10.4 Å². The predicted molar refractivity (Wildman–Crippen MR) is 85.2 cm³/mol. The minimum absolute atomic E-state index is 0.128. The summed E-state index contributed by atoms with van der Waals surface area (Å²) in [5.41, 5.74) is 1.46. The second kappa shape index (κ2) is 6.85. The molecule has 2 aromatic carbocycles. The average Bonchev–Trinajstić information content (AvgIpc) is 2.45. The number of halogens is 1. The van der Waals surface area contributed by atoms with Crippen molar-refractivity contribution in [2.45, 2.75) is 0 Å². The quantitative estimate of drug-likeness (QED) is 0.828. The smallest absolute Gasteiger partial charge is 0.335 e. The highest BCUT2D eigenvalue weighted by atomic mass is 79.9. The van der Waals surface area contributed by atoms with E-state index in [4.69, 9.17) is 5.11 Å². The van der Waals surface area contributed by atoms with Crippen LogP contribution in [0.2, 0.25) is 0 Å². The van der Waals surface area contributed by atoms with Crippen LogP contribution in [-0.4, -0.2) is 17.0 Å². The molecule has 0 spiro atoms. The zero-order chi connectivity index (χ0) is 15.2. The normalized spacial score (nSPS) is 10.5. The van der Waals surface area contributed by atoms with Gasteiger partial charge in [0, 0.05) is 16.2 Å². The summed E-state index contributed by atoms with van der Waals surface area (Å²) in [5.74, 6) is -1.35. The van der Waals surface area contributed by atoms with Crippen molar-refractivity contribution in [3.8, 4) is 0 Å². The number of carbonyl (C=O) groups excluding carboxylic acids is 1. The van der Waals surface area contributed by atoms with Crippen molar-refractivity contribution in [1.82, 2.24) is 0 Å². The van der Waals surface area contributed by atoms with E-state index in [2.05, 4.69) is 21.2 Å². The molecule has 0 saturated carbocycles. The second-order valence-electron chi connectivity index (χ2n) is 4.26. The Balaban J connectivity index is 2.05. The van der Waals surface area contributed by atoms with E-state index in [9.17, 15) is 9.59 Å². The van der Waals surface area contributed by atoms with Crippen LogP contribution < -0.4 is 5.32 Å². The van der Waals surface area contributed by atoms with Gasteiger partial charge in [-0.3, -0.25) is 4.79 Å². The molecule has 0 radical (unpaired) electrons. The molecule has 0 saturated heterocycles. The van der Waals surface area contributed by atoms with Gasteiger partial charge in [0.05, 0.1) is 5.56 Å². The average molecular weight is 346 g/mol. The molecule has 1 amide bonds. The van der Waals surface area contributed by atoms with Gasteiger partial charge in [0.1, 0.15) is 0 Å². The van der Waals surface area contributed by atoms with Crippen LogP contribution in [-0.2, 0) is 4.79 Å². The second-order valence-corrected chi connectivity index (χ2v) is 5.18. The van der Waals surface area contributed by atoms with Crippen LogP contribution in [0.15, 0.2) is 59.1 Å². The molecule has 21 heavy (non-hydrogen) atoms. The molecule has 0 unspecified atom stereocenters. The molecule has 0 atom stereocenters. The number of benzene rings is 2. The SMILES string of the molecule is O=C(/C=C/c1cccc(Br)c1)Nc1cccc(C(=O)O)c1. The number of carboxylic acid groups (broad SMARTS) is 1. The summed E-state index contributed by atoms with van der Waals surface area (Å²) < 4.78 is 0.930. The molecular weight excluding hydrogens is 334 g/mol. The number of hydrogen-bond acceptors (Lipinski definition) is 2. The zero-order valence-electron chi connectivity index (χ0n) is 10.9. The number of carbonyl (C=O) groups is 2. The largest absolute Gasteiger partial charge is 0.478 e. The number of carboxylic acids is 1. The Bertz CT molecular complexity index is 710. The van der Waals surface area contributed by atoms with Crippen molar-refractivity contribution in [3.63, 3.8) is 0 Å². The molecule has 2 aromatic rings. The van der Waals surface area contributed by atoms with Gasteiger partial charge >= 0.3 is 5.97 Å². The molecule has 106 valence electrons. The van der Waals surface area contributed by atoms with Crippen molar-refractivity contribution < 1.29 is 14.7 Å². The van der Waals surface area contributed by atoms with Gasteiger partial charge in [0.15, 0.2) is 0 Å². The third kappa shape index (κ3) is 4.57. The first-order chi connectivity index (χ1) is 10.0. The van der Waals surface area contributed by atoms with E-state index in [1.807, 2.05) is 24.3 Å². The minimum Gasteiger partial charge on any atom is -0.478 e. The Labute approximate surface area is 130 Å². The van der Waals surface area contributed by atoms with Crippen LogP contribution in [0, 0.1) is 0 Å². The van der Waals surface area contributed by atoms with Gasteiger partial charge in [-0.25, -0.2) is 4.79 Å². The molecule has 0 fully saturated rings. The first-order valence-corrected chi connectivity index (χ1v) is 6.92. The van der Waals surface area contributed by atoms with E-state index in [0.29, 0.717) is 5.69 Å². The van der Waals surface area contributed by atoms with Gasteiger partial charge in [0.2, 0.25) is 5.91 Å². The van der Waals surface area contributed by atoms with E-state index in [1.54, 1.807) is 18.2 Å². The predicted octanol–water partition coefficient (Wildman–Crippen LogP) is 3.80. The van der Waals surface area contributed by atoms with E-state index in [-0.39, 0.29) is 11.5 Å². The minimum atomic E-state index is -1.03. The summed E-state index contributed by atoms with van der Waals surface area (Å²) in [5, 5.41) is 11.5. The molecule has 0 aliphatic heterocycles. The van der Waals surface area contributed by atoms with Crippen LogP contribution >= 0.6 is 15.9 Å². The van der Waals surface area contributed by atoms with Crippen LogP contribution in [0.25, 0.3) is 6.08 Å². The van der Waals surface area contributed by atoms with Crippen LogP contribution in [0.5, 0.6) is 0 Å². The molecule has 5 heteroatoms. The third-order valence-electron chi connectivity index (χ3n) is 2.65. The van der Waals surface area contributed by atoms with Crippen molar-refractivity contribution in [3.05, 3.63) is 70.2 Å². The van der Waals surface area contributed by atoms with Gasteiger partial charge in [-0.1, -0.05) is 34.1 Å². The highest BCUT2D eigenvalue weighted by Gasteiger charge is 2.04. The van der Waals surface area contributed by atoms with E-state index in [0.717, 1.165) is 10.0 Å². The molecule has 4 nitrogen and oxygen atoms in total. The number of aromatic carboxylic acids is 1. The monoisotopic (exact) mass is 345 g/mol. The van der Waals surface area contributed by atoms with Crippen molar-refractivity contribution in [1.29, 1.82) is 0 Å². The van der Waals surface area contributed by atoms with Gasteiger partial charge in [-0.2, -0.15) is 0 Å². The summed E-state index contributed by atoms with van der Waals surface area (Å²) in [6, 6.07) is 13.6. The first kappa shape index (κ1) is 15.0. The molecule has 2 rings (SSSR count). The number of hydrogen-bond donors (Lipinski definition) is 2. The van der Waals surface area contributed by atoms with Gasteiger partial charge in [0.25, 0.3) is 0 Å². The zero-order valence-corrected chi connectivity index (χ0v) is 12.5. The molecular formula is C16H12BrNO3. The number of nitrogens with one attached hydrogen (secondary N) is 1. The molecule has 0 aliphatic carbocycles. The van der Waals surface area contributed by atoms with Gasteiger partial charge in [-0.05, 0) is 42.0 Å². The maximum absolute atomic E-state index is 11.8. The summed E-state index contributed by atoms with van der Waals surface area (Å²) in [7, 11) is 0. The van der Waals surface area contributed by atoms with E-state index < -0.39 is 5.97 Å². The van der Waals surface area contributed by atoms with E-state index in [1.165, 1.54) is 18.2 Å². The highest BCUT2D eigenvalue weighted by Crippen LogP contribution is 2.13. The molecule has 0 aliphatic rings. The topological polar surface area (TPSA) is 66.4 Å². The van der Waals surface area contributed by atoms with Crippen LogP contribution in [0.4, 0.5) is 5.69 Å². The fraction of sp³-hybridized carbons (Fsp3) is 0. The lowest BCUT2D eigenvalue weighted by atomic mass is 10.2. The summed E-state index contributed by atoms with van der Waals surface area (Å²) >= 11 is 3.35. The maximum atomic E-state index is 11.8. The Morgan fingerprint density at radius 1 is 1.10 bits per heavy atom. The molecule has 0 heterocycles. The Morgan fingerprint density at radius 2 is 1.86 bits per heavy atom. The molecule has 0 aromatic heterocycles. The third-order valence-corrected chi connectivity index (χ3v) is 3.15. The number of rotatable bonds is 4.